The van der Waals surface area contributed by atoms with Crippen molar-refractivity contribution >= 4 is 17.3 Å². The molecule has 0 spiro atoms. The summed E-state index contributed by atoms with van der Waals surface area (Å²) in [6, 6.07) is 3.39. The van der Waals surface area contributed by atoms with Crippen molar-refractivity contribution in [3.8, 4) is 0 Å². The summed E-state index contributed by atoms with van der Waals surface area (Å²) in [5.74, 6) is -1.04. The molecule has 1 aromatic rings. The smallest absolute Gasteiger partial charge is 0.362 e. The van der Waals surface area contributed by atoms with E-state index >= 15 is 0 Å². The number of quaternary nitrogens is 1. The molecule has 0 aliphatic rings. The number of hydrogen-bond donors (Lipinski definition) is 3. The molecule has 0 aliphatic carbocycles. The van der Waals surface area contributed by atoms with Crippen molar-refractivity contribution in [3.63, 3.8) is 0 Å². The third-order valence-electron chi connectivity index (χ3n) is 2.12. The molecule has 1 aromatic carbocycles. The monoisotopic (exact) mass is 226 g/mol. The fourth-order valence-corrected chi connectivity index (χ4v) is 1.25. The fourth-order valence-electron chi connectivity index (χ4n) is 1.25. The van der Waals surface area contributed by atoms with Gasteiger partial charge in [0.2, 0.25) is 0 Å². The van der Waals surface area contributed by atoms with Gasteiger partial charge >= 0.3 is 5.97 Å². The number of nitrogens with two attached hydrogens (primary N) is 1. The van der Waals surface area contributed by atoms with Gasteiger partial charge in [0.15, 0.2) is 6.04 Å². The molecule has 0 bridgehead atoms. The summed E-state index contributed by atoms with van der Waals surface area (Å²) in [5.41, 5.74) is 9.21. The number of carbonyl (C=O) groups is 1. The van der Waals surface area contributed by atoms with Crippen LogP contribution in [0.25, 0.3) is 0 Å². The van der Waals surface area contributed by atoms with Gasteiger partial charge in [0.1, 0.15) is 5.69 Å². The largest absolute Gasteiger partial charge is 0.477 e. The number of nitrogen functional groups attached to an aromatic ring is 1. The summed E-state index contributed by atoms with van der Waals surface area (Å²) < 4.78 is 0. The summed E-state index contributed by atoms with van der Waals surface area (Å²) in [6.45, 7) is 0. The van der Waals surface area contributed by atoms with Crippen molar-refractivity contribution in [2.24, 2.45) is 0 Å². The highest BCUT2D eigenvalue weighted by Gasteiger charge is 2.18. The molecule has 16 heavy (non-hydrogen) atoms. The fraction of sp³-hybridized carbons (Fsp3) is 0.222. The normalized spacial score (nSPS) is 12.1. The molecule has 0 amide bonds. The minimum absolute atomic E-state index is 0.0599. The van der Waals surface area contributed by atoms with Crippen molar-refractivity contribution in [2.45, 2.75) is 12.5 Å². The van der Waals surface area contributed by atoms with Gasteiger partial charge in [-0.2, -0.15) is 0 Å². The standard InChI is InChI=1S/C9H11N3O4/c10-6-2-1-5(3-7(11)9(13)14)4-8(6)12(15)16/h1-2,4,7H,3,10-11H2,(H,13,14)/p+1. The Labute approximate surface area is 90.8 Å². The molecule has 0 fully saturated rings. The predicted octanol–water partition coefficient (Wildman–Crippen LogP) is -0.585. The molecule has 7 heteroatoms. The highest BCUT2D eigenvalue weighted by molar-refractivity contribution is 5.72. The van der Waals surface area contributed by atoms with Crippen LogP contribution in [0, 0.1) is 10.1 Å². The van der Waals surface area contributed by atoms with Gasteiger partial charge < -0.3 is 16.6 Å². The van der Waals surface area contributed by atoms with Gasteiger partial charge in [0.05, 0.1) is 4.92 Å². The van der Waals surface area contributed by atoms with Crippen molar-refractivity contribution in [1.82, 2.24) is 0 Å². The van der Waals surface area contributed by atoms with E-state index in [1.54, 1.807) is 6.07 Å². The number of rotatable bonds is 4. The summed E-state index contributed by atoms with van der Waals surface area (Å²) in [6.07, 6.45) is 0.135. The molecule has 86 valence electrons. The highest BCUT2D eigenvalue weighted by atomic mass is 16.6. The Kier molecular flexibility index (Phi) is 3.41. The van der Waals surface area contributed by atoms with Gasteiger partial charge in [-0.05, 0) is 11.6 Å². The summed E-state index contributed by atoms with van der Waals surface area (Å²) in [7, 11) is 0. The molecule has 0 aromatic heterocycles. The quantitative estimate of drug-likeness (QED) is 0.358. The lowest BCUT2D eigenvalue weighted by molar-refractivity contribution is -0.407. The first kappa shape index (κ1) is 11.9. The maximum atomic E-state index is 10.6. The first-order chi connectivity index (χ1) is 7.41. The number of carboxylic acids is 1. The van der Waals surface area contributed by atoms with E-state index in [0.29, 0.717) is 5.56 Å². The molecule has 0 radical (unpaired) electrons. The Morgan fingerprint density at radius 2 is 2.25 bits per heavy atom. The van der Waals surface area contributed by atoms with Crippen LogP contribution in [0.2, 0.25) is 0 Å². The lowest BCUT2D eigenvalue weighted by atomic mass is 10.1. The first-order valence-corrected chi connectivity index (χ1v) is 4.50. The zero-order valence-electron chi connectivity index (χ0n) is 8.42. The number of hydrogen-bond acceptors (Lipinski definition) is 4. The number of carboxylic acid groups (broad SMARTS) is 1. The molecular formula is C9H12N3O4+. The van der Waals surface area contributed by atoms with Crippen LogP contribution < -0.4 is 11.5 Å². The molecule has 0 aliphatic heterocycles. The van der Waals surface area contributed by atoms with Crippen LogP contribution in [0.3, 0.4) is 0 Å². The zero-order valence-corrected chi connectivity index (χ0v) is 8.42. The van der Waals surface area contributed by atoms with Gasteiger partial charge in [-0.1, -0.05) is 6.07 Å². The van der Waals surface area contributed by atoms with Gasteiger partial charge in [0.25, 0.3) is 5.69 Å². The maximum Gasteiger partial charge on any atom is 0.362 e. The molecule has 6 N–H and O–H groups in total. The van der Waals surface area contributed by atoms with Crippen LogP contribution in [-0.2, 0) is 11.2 Å². The van der Waals surface area contributed by atoms with Crippen LogP contribution in [0.4, 0.5) is 11.4 Å². The first-order valence-electron chi connectivity index (χ1n) is 4.50. The van der Waals surface area contributed by atoms with Crippen molar-refractivity contribution in [1.29, 1.82) is 0 Å². The van der Waals surface area contributed by atoms with E-state index in [0.717, 1.165) is 0 Å². The number of nitro groups is 1. The van der Waals surface area contributed by atoms with Gasteiger partial charge in [0, 0.05) is 12.5 Å². The van der Waals surface area contributed by atoms with E-state index in [9.17, 15) is 14.9 Å². The van der Waals surface area contributed by atoms with E-state index in [1.807, 2.05) is 0 Å². The topological polar surface area (TPSA) is 134 Å². The average Bonchev–Trinajstić information content (AvgIpc) is 2.20. The van der Waals surface area contributed by atoms with Crippen LogP contribution >= 0.6 is 0 Å². The number of benzene rings is 1. The molecule has 1 rings (SSSR count). The Morgan fingerprint density at radius 3 is 2.75 bits per heavy atom. The minimum atomic E-state index is -1.04. The lowest BCUT2D eigenvalue weighted by Crippen LogP contribution is -2.65. The highest BCUT2D eigenvalue weighted by Crippen LogP contribution is 2.22. The SMILES string of the molecule is Nc1ccc(CC([NH3+])C(=O)O)cc1[N+](=O)[O-]. The summed E-state index contributed by atoms with van der Waals surface area (Å²) >= 11 is 0. The predicted molar refractivity (Wildman–Crippen MR) is 55.5 cm³/mol. The third-order valence-corrected chi connectivity index (χ3v) is 2.12. The molecule has 0 saturated carbocycles. The van der Waals surface area contributed by atoms with E-state index in [2.05, 4.69) is 5.73 Å². The van der Waals surface area contributed by atoms with E-state index in [4.69, 9.17) is 10.8 Å². The van der Waals surface area contributed by atoms with Crippen LogP contribution in [0.5, 0.6) is 0 Å². The summed E-state index contributed by atoms with van der Waals surface area (Å²) in [5, 5.41) is 19.2. The molecule has 0 heterocycles. The van der Waals surface area contributed by atoms with E-state index in [1.165, 1.54) is 12.1 Å². The molecule has 0 saturated heterocycles. The average molecular weight is 226 g/mol. The number of aliphatic carboxylic acids is 1. The maximum absolute atomic E-state index is 10.6. The minimum Gasteiger partial charge on any atom is -0.477 e. The molecule has 7 nitrogen and oxygen atoms in total. The van der Waals surface area contributed by atoms with Crippen LogP contribution in [0.15, 0.2) is 18.2 Å². The Bertz CT molecular complexity index is 433. The second-order valence-electron chi connectivity index (χ2n) is 3.39. The van der Waals surface area contributed by atoms with Crippen molar-refractivity contribution < 1.29 is 20.6 Å². The van der Waals surface area contributed by atoms with Crippen molar-refractivity contribution in [2.75, 3.05) is 5.73 Å². The van der Waals surface area contributed by atoms with Crippen molar-refractivity contribution in [3.05, 3.63) is 33.9 Å². The van der Waals surface area contributed by atoms with Gasteiger partial charge in [-0.3, -0.25) is 10.1 Å². The molecule has 1 unspecified atom stereocenters. The Hall–Kier alpha value is -2.15. The third kappa shape index (κ3) is 2.67. The second kappa shape index (κ2) is 4.58. The lowest BCUT2D eigenvalue weighted by Gasteiger charge is -2.04. The molecule has 1 atom stereocenters. The van der Waals surface area contributed by atoms with Gasteiger partial charge in [-0.15, -0.1) is 0 Å². The zero-order chi connectivity index (χ0) is 12.3. The molecular weight excluding hydrogens is 214 g/mol. The Morgan fingerprint density at radius 1 is 1.62 bits per heavy atom. The van der Waals surface area contributed by atoms with E-state index in [-0.39, 0.29) is 17.8 Å². The Balaban J connectivity index is 2.95. The van der Waals surface area contributed by atoms with E-state index < -0.39 is 16.9 Å². The summed E-state index contributed by atoms with van der Waals surface area (Å²) in [4.78, 5) is 20.6. The number of nitrogens with zero attached hydrogens (tertiary/aromatic N) is 1. The van der Waals surface area contributed by atoms with Gasteiger partial charge in [-0.25, -0.2) is 4.79 Å². The second-order valence-corrected chi connectivity index (χ2v) is 3.39. The number of anilines is 1. The van der Waals surface area contributed by atoms with Crippen LogP contribution in [-0.4, -0.2) is 22.0 Å². The van der Waals surface area contributed by atoms with Crippen LogP contribution in [0.1, 0.15) is 5.56 Å². The number of nitro benzene ring substituents is 1.